The van der Waals surface area contributed by atoms with Crippen LogP contribution < -0.4 is 10.6 Å². The van der Waals surface area contributed by atoms with Crippen LogP contribution in [0, 0.1) is 12.8 Å². The van der Waals surface area contributed by atoms with Gasteiger partial charge in [0, 0.05) is 17.6 Å². The summed E-state index contributed by atoms with van der Waals surface area (Å²) in [6, 6.07) is 16.4. The second kappa shape index (κ2) is 7.60. The molecule has 0 saturated heterocycles. The number of hydrogen-bond donors (Lipinski definition) is 2. The van der Waals surface area contributed by atoms with Crippen LogP contribution in [0.2, 0.25) is 0 Å². The molecule has 3 unspecified atom stereocenters. The molecule has 0 fully saturated rings. The highest BCUT2D eigenvalue weighted by Gasteiger charge is 2.34. The lowest BCUT2D eigenvalue weighted by molar-refractivity contribution is 0.130. The average Bonchev–Trinajstić information content (AvgIpc) is 2.63. The van der Waals surface area contributed by atoms with Crippen LogP contribution in [0.5, 0.6) is 0 Å². The number of fused-ring (bicyclic) bond motifs is 1. The van der Waals surface area contributed by atoms with Gasteiger partial charge in [-0.2, -0.15) is 0 Å². The molecule has 132 valence electrons. The van der Waals surface area contributed by atoms with Crippen LogP contribution in [0.3, 0.4) is 0 Å². The molecule has 0 aromatic heterocycles. The minimum atomic E-state index is -0.370. The van der Waals surface area contributed by atoms with E-state index in [-0.39, 0.29) is 24.7 Å². The van der Waals surface area contributed by atoms with Crippen molar-refractivity contribution in [1.29, 1.82) is 0 Å². The highest BCUT2D eigenvalue weighted by molar-refractivity contribution is 5.69. The minimum absolute atomic E-state index is 0.0515. The van der Waals surface area contributed by atoms with E-state index in [9.17, 15) is 4.79 Å². The molecular weight excluding hydrogens is 312 g/mol. The maximum absolute atomic E-state index is 12.4. The van der Waals surface area contributed by atoms with E-state index >= 15 is 0 Å². The van der Waals surface area contributed by atoms with Gasteiger partial charge in [-0.3, -0.25) is 0 Å². The molecule has 4 heteroatoms. The summed E-state index contributed by atoms with van der Waals surface area (Å²) >= 11 is 0. The number of nitrogens with one attached hydrogen (secondary N) is 2. The fourth-order valence-electron chi connectivity index (χ4n) is 3.49. The van der Waals surface area contributed by atoms with Crippen LogP contribution >= 0.6 is 0 Å². The first-order chi connectivity index (χ1) is 12.1. The molecule has 0 bridgehead atoms. The zero-order chi connectivity index (χ0) is 17.8. The zero-order valence-electron chi connectivity index (χ0n) is 15.1. The first kappa shape index (κ1) is 17.3. The van der Waals surface area contributed by atoms with E-state index in [1.807, 2.05) is 30.3 Å². The third-order valence-electron chi connectivity index (χ3n) is 4.97. The van der Waals surface area contributed by atoms with Crippen molar-refractivity contribution >= 4 is 11.8 Å². The highest BCUT2D eigenvalue weighted by atomic mass is 16.5. The Morgan fingerprint density at radius 1 is 1.20 bits per heavy atom. The van der Waals surface area contributed by atoms with Crippen molar-refractivity contribution in [2.24, 2.45) is 5.92 Å². The van der Waals surface area contributed by atoms with Crippen molar-refractivity contribution in [2.45, 2.75) is 45.9 Å². The van der Waals surface area contributed by atoms with Gasteiger partial charge in [-0.25, -0.2) is 4.79 Å². The molecule has 25 heavy (non-hydrogen) atoms. The van der Waals surface area contributed by atoms with E-state index in [4.69, 9.17) is 4.74 Å². The van der Waals surface area contributed by atoms with Gasteiger partial charge < -0.3 is 15.4 Å². The normalized spacial score (nSPS) is 21.8. The van der Waals surface area contributed by atoms with Gasteiger partial charge in [0.05, 0.1) is 6.04 Å². The van der Waals surface area contributed by atoms with Gasteiger partial charge in [0.15, 0.2) is 0 Å². The molecule has 0 radical (unpaired) electrons. The summed E-state index contributed by atoms with van der Waals surface area (Å²) in [5, 5.41) is 6.68. The predicted octanol–water partition coefficient (Wildman–Crippen LogP) is 4.80. The Kier molecular flexibility index (Phi) is 5.27. The summed E-state index contributed by atoms with van der Waals surface area (Å²) < 4.78 is 5.42. The summed E-state index contributed by atoms with van der Waals surface area (Å²) in [6.45, 7) is 6.69. The largest absolute Gasteiger partial charge is 0.445 e. The molecule has 1 heterocycles. The summed E-state index contributed by atoms with van der Waals surface area (Å²) in [4.78, 5) is 12.4. The van der Waals surface area contributed by atoms with E-state index in [2.05, 4.69) is 49.6 Å². The molecule has 3 rings (SSSR count). The first-order valence-electron chi connectivity index (χ1n) is 8.92. The maximum Gasteiger partial charge on any atom is 0.407 e. The SMILES string of the molecule is CCC1Nc2ccc(C)cc2C(NC(=O)OCc2ccccc2)C1C. The third-order valence-corrected chi connectivity index (χ3v) is 4.97. The predicted molar refractivity (Wildman–Crippen MR) is 101 cm³/mol. The van der Waals surface area contributed by atoms with Gasteiger partial charge >= 0.3 is 6.09 Å². The number of carbonyl (C=O) groups is 1. The van der Waals surface area contributed by atoms with Gasteiger partial charge in [0.2, 0.25) is 0 Å². The number of rotatable bonds is 4. The van der Waals surface area contributed by atoms with E-state index < -0.39 is 0 Å². The summed E-state index contributed by atoms with van der Waals surface area (Å²) in [6.07, 6.45) is 0.635. The standard InChI is InChI=1S/C21H26N2O2/c1-4-18-15(3)20(17-12-14(2)10-11-19(17)22-18)23-21(24)25-13-16-8-6-5-7-9-16/h5-12,15,18,20,22H,4,13H2,1-3H3,(H,23,24). The van der Waals surface area contributed by atoms with E-state index in [1.54, 1.807) is 0 Å². The monoisotopic (exact) mass is 338 g/mol. The number of alkyl carbamates (subject to hydrolysis) is 1. The Balaban J connectivity index is 1.73. The number of ether oxygens (including phenoxy) is 1. The number of carbonyl (C=O) groups excluding carboxylic acids is 1. The quantitative estimate of drug-likeness (QED) is 0.841. The summed E-state index contributed by atoms with van der Waals surface area (Å²) in [5.74, 6) is 0.281. The second-order valence-corrected chi connectivity index (χ2v) is 6.79. The number of amides is 1. The molecule has 3 atom stereocenters. The Labute approximate surface area is 149 Å². The van der Waals surface area contributed by atoms with Gasteiger partial charge in [0.25, 0.3) is 0 Å². The number of hydrogen-bond acceptors (Lipinski definition) is 3. The topological polar surface area (TPSA) is 50.4 Å². The highest BCUT2D eigenvalue weighted by Crippen LogP contribution is 2.38. The van der Waals surface area contributed by atoms with Gasteiger partial charge in [0.1, 0.15) is 6.61 Å². The molecular formula is C21H26N2O2. The van der Waals surface area contributed by atoms with Crippen molar-refractivity contribution in [3.8, 4) is 0 Å². The van der Waals surface area contributed by atoms with Gasteiger partial charge in [-0.15, -0.1) is 0 Å². The van der Waals surface area contributed by atoms with Crippen molar-refractivity contribution in [3.05, 3.63) is 65.2 Å². The average molecular weight is 338 g/mol. The van der Waals surface area contributed by atoms with Crippen LogP contribution in [0.15, 0.2) is 48.5 Å². The lowest BCUT2D eigenvalue weighted by Crippen LogP contribution is -2.43. The zero-order valence-corrected chi connectivity index (χ0v) is 15.1. The van der Waals surface area contributed by atoms with Gasteiger partial charge in [-0.05, 0) is 30.5 Å². The fraction of sp³-hybridized carbons (Fsp3) is 0.381. The van der Waals surface area contributed by atoms with Crippen LogP contribution in [0.1, 0.15) is 43.0 Å². The van der Waals surface area contributed by atoms with Crippen molar-refractivity contribution < 1.29 is 9.53 Å². The van der Waals surface area contributed by atoms with Crippen LogP contribution in [-0.4, -0.2) is 12.1 Å². The Morgan fingerprint density at radius 3 is 2.68 bits per heavy atom. The molecule has 0 aliphatic carbocycles. The lowest BCUT2D eigenvalue weighted by Gasteiger charge is -2.39. The minimum Gasteiger partial charge on any atom is -0.445 e. The number of aryl methyl sites for hydroxylation is 1. The Bertz CT molecular complexity index is 730. The second-order valence-electron chi connectivity index (χ2n) is 6.79. The molecule has 1 aliphatic heterocycles. The number of benzene rings is 2. The van der Waals surface area contributed by atoms with Crippen molar-refractivity contribution in [1.82, 2.24) is 5.32 Å². The molecule has 2 N–H and O–H groups in total. The maximum atomic E-state index is 12.4. The smallest absolute Gasteiger partial charge is 0.407 e. The van der Waals surface area contributed by atoms with Crippen LogP contribution in [0.25, 0.3) is 0 Å². The molecule has 2 aromatic rings. The summed E-state index contributed by atoms with van der Waals surface area (Å²) in [7, 11) is 0. The Morgan fingerprint density at radius 2 is 1.96 bits per heavy atom. The first-order valence-corrected chi connectivity index (χ1v) is 8.92. The van der Waals surface area contributed by atoms with Crippen LogP contribution in [-0.2, 0) is 11.3 Å². The van der Waals surface area contributed by atoms with E-state index in [0.717, 1.165) is 23.2 Å². The third kappa shape index (κ3) is 3.95. The van der Waals surface area contributed by atoms with E-state index in [0.29, 0.717) is 6.04 Å². The molecule has 1 aliphatic rings. The molecule has 0 saturated carbocycles. The van der Waals surface area contributed by atoms with Crippen molar-refractivity contribution in [2.75, 3.05) is 5.32 Å². The fourth-order valence-corrected chi connectivity index (χ4v) is 3.49. The number of anilines is 1. The molecule has 0 spiro atoms. The summed E-state index contributed by atoms with van der Waals surface area (Å²) in [5.41, 5.74) is 4.41. The van der Waals surface area contributed by atoms with Crippen LogP contribution in [0.4, 0.5) is 10.5 Å². The Hall–Kier alpha value is -2.49. The molecule has 2 aromatic carbocycles. The van der Waals surface area contributed by atoms with E-state index in [1.165, 1.54) is 5.56 Å². The van der Waals surface area contributed by atoms with Crippen molar-refractivity contribution in [3.63, 3.8) is 0 Å². The molecule has 4 nitrogen and oxygen atoms in total. The molecule has 1 amide bonds. The lowest BCUT2D eigenvalue weighted by atomic mass is 9.82. The van der Waals surface area contributed by atoms with Gasteiger partial charge in [-0.1, -0.05) is 61.9 Å².